The third kappa shape index (κ3) is 4.53. The minimum Gasteiger partial charge on any atom is -0.467 e. The van der Waals surface area contributed by atoms with Gasteiger partial charge in [-0.2, -0.15) is 13.2 Å². The molecule has 0 aromatic heterocycles. The molecule has 0 saturated carbocycles. The molecule has 5 nitrogen and oxygen atoms in total. The smallest absolute Gasteiger partial charge is 0.417 e. The first kappa shape index (κ1) is 20.1. The summed E-state index contributed by atoms with van der Waals surface area (Å²) < 4.78 is 43.2. The fraction of sp³-hybridized carbons (Fsp3) is 0.467. The third-order valence-electron chi connectivity index (χ3n) is 3.67. The molecule has 0 bridgehead atoms. The number of esters is 1. The van der Waals surface area contributed by atoms with Crippen molar-refractivity contribution in [3.05, 3.63) is 28.8 Å². The second-order valence-corrected chi connectivity index (χ2v) is 5.46. The number of hydrogen-bond acceptors (Lipinski definition) is 3. The Morgan fingerprint density at radius 1 is 1.21 bits per heavy atom. The molecule has 1 aromatic carbocycles. The molecule has 0 aliphatic carbocycles. The molecule has 0 unspecified atom stereocenters. The van der Waals surface area contributed by atoms with Crippen molar-refractivity contribution < 1.29 is 27.5 Å². The van der Waals surface area contributed by atoms with Crippen molar-refractivity contribution in [2.24, 2.45) is 0 Å². The Morgan fingerprint density at radius 2 is 1.79 bits per heavy atom. The van der Waals surface area contributed by atoms with Gasteiger partial charge in [0.15, 0.2) is 0 Å². The maximum atomic E-state index is 12.8. The molecular weight excluding hydrogens is 349 g/mol. The number of methoxy groups -OCH3 is 1. The van der Waals surface area contributed by atoms with Crippen molar-refractivity contribution in [1.82, 2.24) is 5.32 Å². The van der Waals surface area contributed by atoms with Gasteiger partial charge in [-0.3, -0.25) is 0 Å². The van der Waals surface area contributed by atoms with E-state index in [9.17, 15) is 22.8 Å². The second kappa shape index (κ2) is 7.74. The molecule has 2 amide bonds. The first-order valence-electron chi connectivity index (χ1n) is 7.14. The summed E-state index contributed by atoms with van der Waals surface area (Å²) in [4.78, 5) is 24.0. The van der Waals surface area contributed by atoms with Gasteiger partial charge in [-0.25, -0.2) is 9.59 Å². The van der Waals surface area contributed by atoms with E-state index in [1.165, 1.54) is 13.2 Å². The summed E-state index contributed by atoms with van der Waals surface area (Å²) in [5.74, 6) is -0.630. The quantitative estimate of drug-likeness (QED) is 0.767. The summed E-state index contributed by atoms with van der Waals surface area (Å²) in [5.41, 5.74) is -2.42. The lowest BCUT2D eigenvalue weighted by molar-refractivity contribution is -0.148. The van der Waals surface area contributed by atoms with Crippen LogP contribution in [0.1, 0.15) is 32.3 Å². The lowest BCUT2D eigenvalue weighted by Gasteiger charge is -2.29. The summed E-state index contributed by atoms with van der Waals surface area (Å²) in [7, 11) is 1.19. The summed E-state index contributed by atoms with van der Waals surface area (Å²) >= 11 is 5.52. The molecule has 1 aromatic rings. The van der Waals surface area contributed by atoms with Gasteiger partial charge in [-0.05, 0) is 31.0 Å². The van der Waals surface area contributed by atoms with Crippen LogP contribution in [0, 0.1) is 0 Å². The Kier molecular flexibility index (Phi) is 6.48. The maximum absolute atomic E-state index is 12.8. The van der Waals surface area contributed by atoms with Crippen molar-refractivity contribution in [3.8, 4) is 0 Å². The molecule has 0 fully saturated rings. The molecule has 0 heterocycles. The van der Waals surface area contributed by atoms with E-state index in [1.54, 1.807) is 13.8 Å². The summed E-state index contributed by atoms with van der Waals surface area (Å²) in [6.07, 6.45) is -4.12. The van der Waals surface area contributed by atoms with Crippen LogP contribution < -0.4 is 10.6 Å². The number of nitrogens with one attached hydrogen (secondary N) is 2. The SMILES string of the molecule is CCC(CC)(NC(=O)Nc1ccc(Cl)c(C(F)(F)F)c1)C(=O)OC. The Bertz CT molecular complexity index is 616. The predicted octanol–water partition coefficient (Wildman–Crippen LogP) is 4.21. The van der Waals surface area contributed by atoms with Crippen LogP contribution in [0.4, 0.5) is 23.7 Å². The second-order valence-electron chi connectivity index (χ2n) is 5.05. The van der Waals surface area contributed by atoms with Crippen molar-refractivity contribution in [3.63, 3.8) is 0 Å². The first-order chi connectivity index (χ1) is 11.1. The number of anilines is 1. The molecule has 0 spiro atoms. The van der Waals surface area contributed by atoms with Crippen molar-refractivity contribution >= 4 is 29.3 Å². The molecule has 134 valence electrons. The van der Waals surface area contributed by atoms with E-state index in [2.05, 4.69) is 15.4 Å². The molecule has 2 N–H and O–H groups in total. The Labute approximate surface area is 142 Å². The summed E-state index contributed by atoms with van der Waals surface area (Å²) in [5, 5.41) is 4.26. The van der Waals surface area contributed by atoms with Gasteiger partial charge in [0.1, 0.15) is 5.54 Å². The van der Waals surface area contributed by atoms with E-state index >= 15 is 0 Å². The highest BCUT2D eigenvalue weighted by Crippen LogP contribution is 2.36. The molecule has 9 heteroatoms. The van der Waals surface area contributed by atoms with Gasteiger partial charge in [0, 0.05) is 5.69 Å². The number of benzene rings is 1. The highest BCUT2D eigenvalue weighted by atomic mass is 35.5. The van der Waals surface area contributed by atoms with Crippen molar-refractivity contribution in [1.29, 1.82) is 0 Å². The van der Waals surface area contributed by atoms with Crippen LogP contribution in [-0.4, -0.2) is 24.6 Å². The zero-order valence-electron chi connectivity index (χ0n) is 13.4. The minimum atomic E-state index is -4.64. The summed E-state index contributed by atoms with van der Waals surface area (Å²) in [6.45, 7) is 3.37. The van der Waals surface area contributed by atoms with Crippen LogP contribution >= 0.6 is 11.6 Å². The lowest BCUT2D eigenvalue weighted by Crippen LogP contribution is -2.55. The average Bonchev–Trinajstić information content (AvgIpc) is 2.52. The predicted molar refractivity (Wildman–Crippen MR) is 83.9 cm³/mol. The molecule has 0 saturated heterocycles. The molecule has 0 aliphatic rings. The maximum Gasteiger partial charge on any atom is 0.417 e. The molecule has 0 radical (unpaired) electrons. The average molecular weight is 367 g/mol. The third-order valence-corrected chi connectivity index (χ3v) is 4.00. The normalized spacial score (nSPS) is 11.8. The van der Waals surface area contributed by atoms with Gasteiger partial charge in [0.05, 0.1) is 17.7 Å². The van der Waals surface area contributed by atoms with Crippen LogP contribution in [0.2, 0.25) is 5.02 Å². The zero-order chi connectivity index (χ0) is 18.5. The van der Waals surface area contributed by atoms with Gasteiger partial charge < -0.3 is 15.4 Å². The number of alkyl halides is 3. The van der Waals surface area contributed by atoms with E-state index in [-0.39, 0.29) is 18.5 Å². The lowest BCUT2D eigenvalue weighted by atomic mass is 9.93. The van der Waals surface area contributed by atoms with Crippen LogP contribution in [0.25, 0.3) is 0 Å². The van der Waals surface area contributed by atoms with Gasteiger partial charge in [0.2, 0.25) is 0 Å². The Balaban J connectivity index is 2.98. The van der Waals surface area contributed by atoms with Gasteiger partial charge in [-0.1, -0.05) is 25.4 Å². The van der Waals surface area contributed by atoms with E-state index in [4.69, 9.17) is 11.6 Å². The highest BCUT2D eigenvalue weighted by molar-refractivity contribution is 6.31. The Hall–Kier alpha value is -1.96. The van der Waals surface area contributed by atoms with Gasteiger partial charge >= 0.3 is 18.2 Å². The number of carbonyl (C=O) groups excluding carboxylic acids is 2. The molecule has 1 rings (SSSR count). The topological polar surface area (TPSA) is 67.4 Å². The van der Waals surface area contributed by atoms with Crippen LogP contribution in [0.3, 0.4) is 0 Å². The molecule has 0 atom stereocenters. The standard InChI is InChI=1S/C15H18ClF3N2O3/c1-4-14(5-2,12(22)24-3)21-13(23)20-9-6-7-11(16)10(8-9)15(17,18)19/h6-8H,4-5H2,1-3H3,(H2,20,21,23). The van der Waals surface area contributed by atoms with Gasteiger partial charge in [0.25, 0.3) is 0 Å². The van der Waals surface area contributed by atoms with Crippen LogP contribution in [0.15, 0.2) is 18.2 Å². The molecule has 0 aliphatic heterocycles. The summed E-state index contributed by atoms with van der Waals surface area (Å²) in [6, 6.07) is 2.17. The van der Waals surface area contributed by atoms with Crippen LogP contribution in [-0.2, 0) is 15.7 Å². The monoisotopic (exact) mass is 366 g/mol. The number of rotatable bonds is 5. The number of carbonyl (C=O) groups is 2. The van der Waals surface area contributed by atoms with E-state index in [0.29, 0.717) is 0 Å². The number of halogens is 4. The highest BCUT2D eigenvalue weighted by Gasteiger charge is 2.38. The minimum absolute atomic E-state index is 0.102. The van der Waals surface area contributed by atoms with Crippen molar-refractivity contribution in [2.45, 2.75) is 38.4 Å². The van der Waals surface area contributed by atoms with Crippen LogP contribution in [0.5, 0.6) is 0 Å². The number of urea groups is 1. The molecule has 24 heavy (non-hydrogen) atoms. The first-order valence-corrected chi connectivity index (χ1v) is 7.51. The van der Waals surface area contributed by atoms with E-state index in [0.717, 1.165) is 12.1 Å². The van der Waals surface area contributed by atoms with Gasteiger partial charge in [-0.15, -0.1) is 0 Å². The van der Waals surface area contributed by atoms with Crippen molar-refractivity contribution in [2.75, 3.05) is 12.4 Å². The zero-order valence-corrected chi connectivity index (χ0v) is 14.1. The number of hydrogen-bond donors (Lipinski definition) is 2. The largest absolute Gasteiger partial charge is 0.467 e. The van der Waals surface area contributed by atoms with E-state index < -0.39 is 34.3 Å². The Morgan fingerprint density at radius 3 is 2.25 bits per heavy atom. The fourth-order valence-electron chi connectivity index (χ4n) is 2.16. The number of amides is 2. The van der Waals surface area contributed by atoms with E-state index in [1.807, 2.05) is 0 Å². The fourth-order valence-corrected chi connectivity index (χ4v) is 2.39. The number of ether oxygens (including phenoxy) is 1. The molecular formula is C15H18ClF3N2O3.